The Morgan fingerprint density at radius 3 is 2.38 bits per heavy atom. The van der Waals surface area contributed by atoms with Gasteiger partial charge < -0.3 is 35.6 Å². The molecule has 2 aromatic carbocycles. The lowest BCUT2D eigenvalue weighted by Gasteiger charge is -2.34. The summed E-state index contributed by atoms with van der Waals surface area (Å²) in [4.78, 5) is 57.1. The smallest absolute Gasteiger partial charge is 0.247 e. The second-order valence-corrected chi connectivity index (χ2v) is 12.4. The summed E-state index contributed by atoms with van der Waals surface area (Å²) in [7, 11) is 3.29. The summed E-state index contributed by atoms with van der Waals surface area (Å²) in [5.41, 5.74) is 1.53. The number of fused-ring (bicyclic) bond motifs is 3. The predicted molar refractivity (Wildman–Crippen MR) is 180 cm³/mol. The van der Waals surface area contributed by atoms with Gasteiger partial charge in [0.15, 0.2) is 0 Å². The van der Waals surface area contributed by atoms with Crippen LogP contribution in [0.1, 0.15) is 58.1 Å². The normalized spacial score (nSPS) is 22.1. The lowest BCUT2D eigenvalue weighted by molar-refractivity contribution is -0.145. The zero-order valence-electron chi connectivity index (χ0n) is 28.2. The summed E-state index contributed by atoms with van der Waals surface area (Å²) in [5.74, 6) is -0.610. The molecule has 11 nitrogen and oxygen atoms in total. The monoisotopic (exact) mass is 647 g/mol. The van der Waals surface area contributed by atoms with Crippen molar-refractivity contribution in [2.75, 3.05) is 20.7 Å². The number of amides is 4. The van der Waals surface area contributed by atoms with Crippen LogP contribution >= 0.6 is 0 Å². The average molecular weight is 648 g/mol. The topological polar surface area (TPSA) is 138 Å². The third kappa shape index (κ3) is 8.51. The van der Waals surface area contributed by atoms with Gasteiger partial charge >= 0.3 is 0 Å². The number of benzene rings is 2. The van der Waals surface area contributed by atoms with Crippen molar-refractivity contribution in [3.8, 4) is 11.5 Å². The molecular weight excluding hydrogens is 598 g/mol. The van der Waals surface area contributed by atoms with Crippen molar-refractivity contribution in [1.29, 1.82) is 0 Å². The van der Waals surface area contributed by atoms with Gasteiger partial charge in [-0.15, -0.1) is 0 Å². The molecule has 47 heavy (non-hydrogen) atoms. The quantitative estimate of drug-likeness (QED) is 0.294. The second kappa shape index (κ2) is 16.4. The molecule has 11 heteroatoms. The van der Waals surface area contributed by atoms with Crippen LogP contribution in [0.5, 0.6) is 11.5 Å². The first-order valence-corrected chi connectivity index (χ1v) is 16.6. The zero-order valence-corrected chi connectivity index (χ0v) is 28.2. The standard InChI is InChI=1S/C36H49N5O6/c1-7-22(3)30(37-5)34(43)40-31(23(4)8-2)36(45)41-19-17-29-32(41)35(44)39-27(20-24-12-10-9-11-13-24)33(42)38-18-16-25-21-26(47-29)14-15-28(25)46-6/h9-16,18,21-23,27,29-32,37H,7-8,17,19-20H2,1-6H3,(H,38,42)(H,39,44)(H,40,43). The van der Waals surface area contributed by atoms with Gasteiger partial charge in [-0.05, 0) is 48.7 Å². The van der Waals surface area contributed by atoms with Crippen LogP contribution in [0.2, 0.25) is 0 Å². The fourth-order valence-electron chi connectivity index (χ4n) is 6.18. The number of carbonyl (C=O) groups excluding carboxylic acids is 4. The predicted octanol–water partition coefficient (Wildman–Crippen LogP) is 3.04. The minimum absolute atomic E-state index is 0.0509. The Bertz CT molecular complexity index is 1430. The summed E-state index contributed by atoms with van der Waals surface area (Å²) in [6.07, 6.45) is 4.56. The maximum absolute atomic E-state index is 14.4. The average Bonchev–Trinajstić information content (AvgIpc) is 3.50. The summed E-state index contributed by atoms with van der Waals surface area (Å²) in [6.45, 7) is 8.12. The lowest BCUT2D eigenvalue weighted by Crippen LogP contribution is -2.61. The van der Waals surface area contributed by atoms with E-state index in [-0.39, 0.29) is 36.6 Å². The van der Waals surface area contributed by atoms with Crippen molar-refractivity contribution in [2.45, 2.75) is 83.6 Å². The molecule has 2 heterocycles. The van der Waals surface area contributed by atoms with Crippen molar-refractivity contribution in [2.24, 2.45) is 11.8 Å². The molecule has 1 saturated heterocycles. The van der Waals surface area contributed by atoms with E-state index in [9.17, 15) is 19.2 Å². The van der Waals surface area contributed by atoms with E-state index in [1.807, 2.05) is 58.0 Å². The molecule has 2 aliphatic heterocycles. The Hall–Kier alpha value is -4.38. The third-order valence-electron chi connectivity index (χ3n) is 9.37. The van der Waals surface area contributed by atoms with Crippen LogP contribution in [-0.4, -0.2) is 79.5 Å². The summed E-state index contributed by atoms with van der Waals surface area (Å²) in [5, 5.41) is 11.8. The van der Waals surface area contributed by atoms with Gasteiger partial charge in [0.1, 0.15) is 35.7 Å². The molecule has 7 atom stereocenters. The molecule has 0 saturated carbocycles. The number of ether oxygens (including phenoxy) is 2. The van der Waals surface area contributed by atoms with Gasteiger partial charge in [-0.3, -0.25) is 19.2 Å². The first-order valence-electron chi connectivity index (χ1n) is 16.6. The van der Waals surface area contributed by atoms with E-state index in [1.54, 1.807) is 38.4 Å². The fourth-order valence-corrected chi connectivity index (χ4v) is 6.18. The van der Waals surface area contributed by atoms with Gasteiger partial charge in [0.25, 0.3) is 0 Å². The van der Waals surface area contributed by atoms with Crippen molar-refractivity contribution < 1.29 is 28.7 Å². The van der Waals surface area contributed by atoms with Crippen molar-refractivity contribution >= 4 is 29.7 Å². The van der Waals surface area contributed by atoms with Crippen LogP contribution in [0.15, 0.2) is 54.7 Å². The third-order valence-corrected chi connectivity index (χ3v) is 9.37. The highest BCUT2D eigenvalue weighted by molar-refractivity contribution is 5.96. The Labute approximate surface area is 277 Å². The molecule has 0 aromatic heterocycles. The van der Waals surface area contributed by atoms with Crippen LogP contribution in [0, 0.1) is 11.8 Å². The minimum atomic E-state index is -1.05. The molecule has 0 radical (unpaired) electrons. The van der Waals surface area contributed by atoms with Crippen LogP contribution in [0.25, 0.3) is 6.08 Å². The second-order valence-electron chi connectivity index (χ2n) is 12.4. The van der Waals surface area contributed by atoms with E-state index in [2.05, 4.69) is 21.3 Å². The minimum Gasteiger partial charge on any atom is -0.496 e. The van der Waals surface area contributed by atoms with E-state index >= 15 is 0 Å². The molecular formula is C36H49N5O6. The molecule has 4 N–H and O–H groups in total. The Morgan fingerprint density at radius 1 is 1.02 bits per heavy atom. The van der Waals surface area contributed by atoms with Crippen LogP contribution in [0.3, 0.4) is 0 Å². The van der Waals surface area contributed by atoms with Crippen molar-refractivity contribution in [1.82, 2.24) is 26.2 Å². The molecule has 1 fully saturated rings. The summed E-state index contributed by atoms with van der Waals surface area (Å²) < 4.78 is 11.9. The number of likely N-dealkylation sites (tertiary alicyclic amines) is 1. The van der Waals surface area contributed by atoms with E-state index in [0.717, 1.165) is 12.0 Å². The molecule has 2 bridgehead atoms. The van der Waals surface area contributed by atoms with E-state index in [0.29, 0.717) is 29.9 Å². The summed E-state index contributed by atoms with van der Waals surface area (Å²) in [6, 6.07) is 11.4. The number of hydrogen-bond acceptors (Lipinski definition) is 7. The molecule has 254 valence electrons. The van der Waals surface area contributed by atoms with Gasteiger partial charge in [0, 0.05) is 31.1 Å². The van der Waals surface area contributed by atoms with Gasteiger partial charge in [0.2, 0.25) is 23.6 Å². The van der Waals surface area contributed by atoms with Gasteiger partial charge in [-0.2, -0.15) is 0 Å². The molecule has 0 aliphatic carbocycles. The Morgan fingerprint density at radius 2 is 1.72 bits per heavy atom. The number of likely N-dealkylation sites (N-methyl/N-ethyl adjacent to an activating group) is 1. The number of hydrogen-bond donors (Lipinski definition) is 4. The Kier molecular flexibility index (Phi) is 12.4. The zero-order chi connectivity index (χ0) is 34.1. The number of methoxy groups -OCH3 is 1. The molecule has 7 unspecified atom stereocenters. The number of nitrogens with zero attached hydrogens (tertiary/aromatic N) is 1. The molecule has 2 aliphatic rings. The van der Waals surface area contributed by atoms with Crippen LogP contribution in [0.4, 0.5) is 0 Å². The highest BCUT2D eigenvalue weighted by Crippen LogP contribution is 2.30. The SMILES string of the molecule is CCC(C)C(NC)C(=O)NC(C(=O)N1CCC2Oc3ccc(OC)c(c3)C=CNC(=O)C(Cc3ccccc3)NC(=O)C21)C(C)CC. The van der Waals surface area contributed by atoms with E-state index < -0.39 is 42.1 Å². The molecule has 0 spiro atoms. The fraction of sp³-hybridized carbons (Fsp3) is 0.500. The Balaban J connectivity index is 1.71. The lowest BCUT2D eigenvalue weighted by atomic mass is 9.94. The van der Waals surface area contributed by atoms with Crippen molar-refractivity contribution in [3.05, 3.63) is 65.9 Å². The number of rotatable bonds is 11. The maximum Gasteiger partial charge on any atom is 0.247 e. The molecule has 4 amide bonds. The van der Waals surface area contributed by atoms with Crippen LogP contribution < -0.4 is 30.7 Å². The maximum atomic E-state index is 14.4. The highest BCUT2D eigenvalue weighted by Gasteiger charge is 2.47. The first-order chi connectivity index (χ1) is 22.6. The van der Waals surface area contributed by atoms with E-state index in [1.165, 1.54) is 11.1 Å². The largest absolute Gasteiger partial charge is 0.496 e. The highest BCUT2D eigenvalue weighted by atomic mass is 16.5. The van der Waals surface area contributed by atoms with Gasteiger partial charge in [-0.25, -0.2) is 0 Å². The number of nitrogens with one attached hydrogen (secondary N) is 4. The van der Waals surface area contributed by atoms with Gasteiger partial charge in [-0.1, -0.05) is 70.9 Å². The number of carbonyl (C=O) groups is 4. The summed E-state index contributed by atoms with van der Waals surface area (Å²) >= 11 is 0. The molecule has 2 aromatic rings. The molecule has 4 rings (SSSR count). The first kappa shape index (κ1) is 35.5. The van der Waals surface area contributed by atoms with Crippen LogP contribution in [-0.2, 0) is 25.6 Å². The van der Waals surface area contributed by atoms with Gasteiger partial charge in [0.05, 0.1) is 13.2 Å². The van der Waals surface area contributed by atoms with Crippen molar-refractivity contribution in [3.63, 3.8) is 0 Å². The van der Waals surface area contributed by atoms with E-state index in [4.69, 9.17) is 9.47 Å².